The van der Waals surface area contributed by atoms with Crippen LogP contribution in [0.2, 0.25) is 0 Å². The maximum Gasteiger partial charge on any atom is 0.471 e. The van der Waals surface area contributed by atoms with Gasteiger partial charge in [0, 0.05) is 20.1 Å². The van der Waals surface area contributed by atoms with Crippen molar-refractivity contribution in [2.45, 2.75) is 12.3 Å². The van der Waals surface area contributed by atoms with E-state index in [-0.39, 0.29) is 6.54 Å². The fourth-order valence-electron chi connectivity index (χ4n) is 0.690. The predicted octanol–water partition coefficient (Wildman–Crippen LogP) is -0.673. The molecule has 0 radical (unpaired) electrons. The molecular weight excluding hydrogens is 189 g/mol. The lowest BCUT2D eigenvalue weighted by Gasteiger charge is -2.20. The summed E-state index contributed by atoms with van der Waals surface area (Å²) in [6.07, 6.45) is -6.03. The van der Waals surface area contributed by atoms with Crippen LogP contribution in [0.1, 0.15) is 0 Å². The lowest BCUT2D eigenvalue weighted by molar-refractivity contribution is -0.185. The van der Waals surface area contributed by atoms with Gasteiger partial charge in [0.1, 0.15) is 0 Å². The molecule has 0 aromatic carbocycles. The molecule has 0 aliphatic carbocycles. The van der Waals surface area contributed by atoms with Crippen LogP contribution in [0.4, 0.5) is 13.2 Å². The van der Waals surface area contributed by atoms with Crippen LogP contribution in [0.3, 0.4) is 0 Å². The topological polar surface area (TPSA) is 66.6 Å². The minimum atomic E-state index is -4.90. The lowest BCUT2D eigenvalue weighted by atomic mass is 10.3. The van der Waals surface area contributed by atoms with E-state index in [9.17, 15) is 18.0 Å². The Morgan fingerprint density at radius 1 is 1.62 bits per heavy atom. The minimum Gasteiger partial charge on any atom is -0.390 e. The molecule has 3 N–H and O–H groups in total. The van der Waals surface area contributed by atoms with E-state index in [2.05, 4.69) is 0 Å². The van der Waals surface area contributed by atoms with Crippen molar-refractivity contribution in [3.05, 3.63) is 0 Å². The Balaban J connectivity index is 4.12. The van der Waals surface area contributed by atoms with Crippen molar-refractivity contribution >= 4 is 5.91 Å². The summed E-state index contributed by atoms with van der Waals surface area (Å²) >= 11 is 0. The molecule has 0 bridgehead atoms. The summed E-state index contributed by atoms with van der Waals surface area (Å²) in [6, 6.07) is 0. The summed E-state index contributed by atoms with van der Waals surface area (Å²) < 4.78 is 35.2. The van der Waals surface area contributed by atoms with Gasteiger partial charge in [-0.15, -0.1) is 0 Å². The van der Waals surface area contributed by atoms with E-state index in [1.54, 1.807) is 0 Å². The number of aliphatic hydroxyl groups excluding tert-OH is 1. The summed E-state index contributed by atoms with van der Waals surface area (Å²) in [5.74, 6) is -1.99. The van der Waals surface area contributed by atoms with E-state index in [1.165, 1.54) is 0 Å². The molecule has 4 nitrogen and oxygen atoms in total. The summed E-state index contributed by atoms with van der Waals surface area (Å²) in [5, 5.41) is 8.86. The highest BCUT2D eigenvalue weighted by atomic mass is 19.4. The van der Waals surface area contributed by atoms with Gasteiger partial charge in [0.25, 0.3) is 0 Å². The Morgan fingerprint density at radius 3 is 2.38 bits per heavy atom. The van der Waals surface area contributed by atoms with Crippen molar-refractivity contribution in [3.8, 4) is 0 Å². The third kappa shape index (κ3) is 4.09. The number of nitrogens with zero attached hydrogens (tertiary/aromatic N) is 1. The number of halogens is 3. The Labute approximate surface area is 73.1 Å². The zero-order valence-electron chi connectivity index (χ0n) is 7.01. The first-order valence-corrected chi connectivity index (χ1v) is 3.49. The molecule has 0 saturated carbocycles. The number of likely N-dealkylation sites (N-methyl/N-ethyl adjacent to an activating group) is 1. The zero-order valence-corrected chi connectivity index (χ0v) is 7.01. The van der Waals surface area contributed by atoms with Gasteiger partial charge in [0.2, 0.25) is 0 Å². The van der Waals surface area contributed by atoms with Gasteiger partial charge < -0.3 is 15.7 Å². The van der Waals surface area contributed by atoms with Crippen LogP contribution < -0.4 is 5.73 Å². The van der Waals surface area contributed by atoms with Crippen LogP contribution in [0, 0.1) is 0 Å². The van der Waals surface area contributed by atoms with Crippen molar-refractivity contribution in [2.24, 2.45) is 5.73 Å². The average molecular weight is 200 g/mol. The highest BCUT2D eigenvalue weighted by Crippen LogP contribution is 2.17. The molecule has 1 amide bonds. The van der Waals surface area contributed by atoms with Gasteiger partial charge in [0.05, 0.1) is 6.10 Å². The van der Waals surface area contributed by atoms with Gasteiger partial charge in [-0.25, -0.2) is 0 Å². The highest BCUT2D eigenvalue weighted by molar-refractivity contribution is 5.81. The van der Waals surface area contributed by atoms with Gasteiger partial charge >= 0.3 is 12.1 Å². The van der Waals surface area contributed by atoms with Crippen molar-refractivity contribution in [2.75, 3.05) is 20.1 Å². The SMILES string of the molecule is CN(CC(O)CN)C(=O)C(F)(F)F. The second-order valence-electron chi connectivity index (χ2n) is 2.57. The maximum absolute atomic E-state index is 11.7. The van der Waals surface area contributed by atoms with Gasteiger partial charge in [-0.05, 0) is 0 Å². The highest BCUT2D eigenvalue weighted by Gasteiger charge is 2.41. The third-order valence-electron chi connectivity index (χ3n) is 1.35. The van der Waals surface area contributed by atoms with Crippen LogP contribution in [0.5, 0.6) is 0 Å². The maximum atomic E-state index is 11.7. The predicted molar refractivity (Wildman–Crippen MR) is 38.8 cm³/mol. The monoisotopic (exact) mass is 200 g/mol. The summed E-state index contributed by atoms with van der Waals surface area (Å²) in [5.41, 5.74) is 4.96. The second-order valence-corrected chi connectivity index (χ2v) is 2.57. The molecule has 78 valence electrons. The molecule has 0 spiro atoms. The number of carbonyl (C=O) groups is 1. The van der Waals surface area contributed by atoms with Crippen molar-refractivity contribution in [1.82, 2.24) is 4.90 Å². The Morgan fingerprint density at radius 2 is 2.08 bits per heavy atom. The molecule has 0 aliphatic rings. The molecule has 0 aromatic rings. The molecule has 1 atom stereocenters. The Hall–Kier alpha value is -0.820. The first-order chi connectivity index (χ1) is 5.79. The van der Waals surface area contributed by atoms with Gasteiger partial charge in [-0.2, -0.15) is 13.2 Å². The largest absolute Gasteiger partial charge is 0.471 e. The molecule has 0 saturated heterocycles. The molecular formula is C6H11F3N2O2. The zero-order chi connectivity index (χ0) is 10.6. The van der Waals surface area contributed by atoms with Crippen LogP contribution in [0.25, 0.3) is 0 Å². The quantitative estimate of drug-likeness (QED) is 0.634. The van der Waals surface area contributed by atoms with E-state index >= 15 is 0 Å². The van der Waals surface area contributed by atoms with E-state index in [0.717, 1.165) is 7.05 Å². The minimum absolute atomic E-state index is 0.185. The first-order valence-electron chi connectivity index (χ1n) is 3.49. The molecule has 13 heavy (non-hydrogen) atoms. The fourth-order valence-corrected chi connectivity index (χ4v) is 0.690. The van der Waals surface area contributed by atoms with Crippen LogP contribution in [-0.2, 0) is 4.79 Å². The fraction of sp³-hybridized carbons (Fsp3) is 0.833. The Kier molecular flexibility index (Phi) is 4.15. The number of carbonyl (C=O) groups excluding carboxylic acids is 1. The van der Waals surface area contributed by atoms with E-state index in [0.29, 0.717) is 4.90 Å². The van der Waals surface area contributed by atoms with E-state index in [4.69, 9.17) is 10.8 Å². The number of hydrogen-bond donors (Lipinski definition) is 2. The normalized spacial score (nSPS) is 14.0. The average Bonchev–Trinajstić information content (AvgIpc) is 2.01. The number of nitrogens with two attached hydrogens (primary N) is 1. The number of alkyl halides is 3. The van der Waals surface area contributed by atoms with Crippen LogP contribution in [-0.4, -0.2) is 48.3 Å². The summed E-state index contributed by atoms with van der Waals surface area (Å²) in [4.78, 5) is 10.9. The van der Waals surface area contributed by atoms with Crippen molar-refractivity contribution in [1.29, 1.82) is 0 Å². The number of amides is 1. The molecule has 0 fully saturated rings. The van der Waals surface area contributed by atoms with Crippen LogP contribution in [0.15, 0.2) is 0 Å². The third-order valence-corrected chi connectivity index (χ3v) is 1.35. The number of aliphatic hydroxyl groups is 1. The molecule has 0 heterocycles. The van der Waals surface area contributed by atoms with Gasteiger partial charge in [-0.1, -0.05) is 0 Å². The number of hydrogen-bond acceptors (Lipinski definition) is 3. The van der Waals surface area contributed by atoms with E-state index in [1.807, 2.05) is 0 Å². The van der Waals surface area contributed by atoms with E-state index < -0.39 is 24.7 Å². The summed E-state index contributed by atoms with van der Waals surface area (Å²) in [7, 11) is 0.953. The van der Waals surface area contributed by atoms with Crippen LogP contribution >= 0.6 is 0 Å². The Bertz CT molecular complexity index is 183. The number of rotatable bonds is 3. The molecule has 7 heteroatoms. The lowest BCUT2D eigenvalue weighted by Crippen LogP contribution is -2.43. The van der Waals surface area contributed by atoms with Crippen molar-refractivity contribution < 1.29 is 23.1 Å². The molecule has 0 rings (SSSR count). The van der Waals surface area contributed by atoms with Gasteiger partial charge in [0.15, 0.2) is 0 Å². The molecule has 1 unspecified atom stereocenters. The standard InChI is InChI=1S/C6H11F3N2O2/c1-11(3-4(12)2-10)5(13)6(7,8)9/h4,12H,2-3,10H2,1H3. The first kappa shape index (κ1) is 12.2. The smallest absolute Gasteiger partial charge is 0.390 e. The van der Waals surface area contributed by atoms with Gasteiger partial charge in [-0.3, -0.25) is 4.79 Å². The van der Waals surface area contributed by atoms with Crippen molar-refractivity contribution in [3.63, 3.8) is 0 Å². The summed E-state index contributed by atoms with van der Waals surface area (Å²) in [6.45, 7) is -0.607. The molecule has 0 aliphatic heterocycles. The second kappa shape index (κ2) is 4.43. The molecule has 0 aromatic heterocycles.